The highest BCUT2D eigenvalue weighted by Crippen LogP contribution is 2.27. The van der Waals surface area contributed by atoms with Crippen molar-refractivity contribution in [3.8, 4) is 0 Å². The first kappa shape index (κ1) is 15.2. The van der Waals surface area contributed by atoms with E-state index in [4.69, 9.17) is 4.74 Å². The summed E-state index contributed by atoms with van der Waals surface area (Å²) in [6.07, 6.45) is 2.02. The number of hydrogen-bond donors (Lipinski definition) is 2. The van der Waals surface area contributed by atoms with Gasteiger partial charge in [-0.1, -0.05) is 30.3 Å². The number of carbonyl (C=O) groups is 2. The van der Waals surface area contributed by atoms with Crippen LogP contribution in [0.3, 0.4) is 0 Å². The number of carboxylic acid groups (broad SMARTS) is 1. The zero-order valence-corrected chi connectivity index (χ0v) is 12.4. The van der Waals surface area contributed by atoms with Crippen molar-refractivity contribution in [2.75, 3.05) is 13.2 Å². The molecule has 120 valence electrons. The molecule has 0 aliphatic carbocycles. The van der Waals surface area contributed by atoms with Crippen molar-refractivity contribution >= 4 is 11.9 Å². The zero-order valence-electron chi connectivity index (χ0n) is 12.4. The molecule has 1 aromatic heterocycles. The number of H-pyrrole nitrogens is 1. The summed E-state index contributed by atoms with van der Waals surface area (Å²) in [7, 11) is 0. The molecule has 2 N–H and O–H groups in total. The van der Waals surface area contributed by atoms with E-state index in [1.165, 1.54) is 11.2 Å². The minimum atomic E-state index is -1.09. The molecule has 1 aromatic carbocycles. The number of aliphatic carboxylic acids is 1. The van der Waals surface area contributed by atoms with Gasteiger partial charge < -0.3 is 19.7 Å². The van der Waals surface area contributed by atoms with Crippen molar-refractivity contribution < 1.29 is 19.4 Å². The number of imidazole rings is 1. The number of hydrogen-bond acceptors (Lipinski definition) is 4. The van der Waals surface area contributed by atoms with Gasteiger partial charge in [0, 0.05) is 18.7 Å². The molecule has 0 saturated heterocycles. The predicted molar refractivity (Wildman–Crippen MR) is 80.5 cm³/mol. The van der Waals surface area contributed by atoms with Crippen molar-refractivity contribution in [3.05, 3.63) is 53.6 Å². The molecule has 0 fully saturated rings. The molecule has 2 heterocycles. The third-order valence-electron chi connectivity index (χ3n) is 3.82. The molecule has 0 radical (unpaired) electrons. The number of ether oxygens (including phenoxy) is 1. The van der Waals surface area contributed by atoms with Crippen LogP contribution in [0.15, 0.2) is 36.7 Å². The number of carbonyl (C=O) groups excluding carboxylic acids is 1. The summed E-state index contributed by atoms with van der Waals surface area (Å²) in [6, 6.07) is 8.44. The normalized spacial score (nSPS) is 16.9. The number of aromatic amines is 1. The lowest BCUT2D eigenvalue weighted by Crippen LogP contribution is -2.45. The maximum Gasteiger partial charge on any atom is 0.332 e. The third-order valence-corrected chi connectivity index (χ3v) is 3.82. The fourth-order valence-corrected chi connectivity index (χ4v) is 2.71. The molecule has 23 heavy (non-hydrogen) atoms. The summed E-state index contributed by atoms with van der Waals surface area (Å²) in [5.74, 6) is -1.43. The van der Waals surface area contributed by atoms with Crippen LogP contribution in [0, 0.1) is 0 Å². The Hall–Kier alpha value is -2.67. The number of nitrogens with one attached hydrogen (secondary N) is 1. The minimum Gasteiger partial charge on any atom is -0.479 e. The fraction of sp³-hybridized carbons (Fsp3) is 0.312. The Bertz CT molecular complexity index is 698. The number of nitrogens with zero attached hydrogens (tertiary/aromatic N) is 2. The van der Waals surface area contributed by atoms with Crippen molar-refractivity contribution in [1.29, 1.82) is 0 Å². The van der Waals surface area contributed by atoms with Crippen LogP contribution >= 0.6 is 0 Å². The van der Waals surface area contributed by atoms with Crippen LogP contribution in [0.4, 0.5) is 0 Å². The van der Waals surface area contributed by atoms with Crippen LogP contribution < -0.4 is 0 Å². The summed E-state index contributed by atoms with van der Waals surface area (Å²) in [6.45, 7) is 0.490. The summed E-state index contributed by atoms with van der Waals surface area (Å²) in [5.41, 5.74) is 2.13. The van der Waals surface area contributed by atoms with Gasteiger partial charge in [0.25, 0.3) is 0 Å². The van der Waals surface area contributed by atoms with E-state index in [0.29, 0.717) is 25.3 Å². The molecule has 0 spiro atoms. The van der Waals surface area contributed by atoms with Gasteiger partial charge in [-0.25, -0.2) is 9.78 Å². The molecule has 1 aliphatic heterocycles. The average Bonchev–Trinajstić information content (AvgIpc) is 3.03. The van der Waals surface area contributed by atoms with E-state index in [0.717, 1.165) is 11.3 Å². The maximum absolute atomic E-state index is 12.3. The highest BCUT2D eigenvalue weighted by Gasteiger charge is 2.37. The third kappa shape index (κ3) is 3.24. The quantitative estimate of drug-likeness (QED) is 0.862. The van der Waals surface area contributed by atoms with Gasteiger partial charge in [0.1, 0.15) is 6.61 Å². The predicted octanol–water partition coefficient (Wildman–Crippen LogP) is 1.14. The topological polar surface area (TPSA) is 95.5 Å². The average molecular weight is 315 g/mol. The van der Waals surface area contributed by atoms with Crippen molar-refractivity contribution in [1.82, 2.24) is 14.9 Å². The smallest absolute Gasteiger partial charge is 0.332 e. The molecule has 1 atom stereocenters. The van der Waals surface area contributed by atoms with Crippen LogP contribution in [0.2, 0.25) is 0 Å². The maximum atomic E-state index is 12.3. The van der Waals surface area contributed by atoms with E-state index in [2.05, 4.69) is 9.97 Å². The second kappa shape index (κ2) is 6.62. The van der Waals surface area contributed by atoms with Crippen molar-refractivity contribution in [2.45, 2.75) is 19.1 Å². The Morgan fingerprint density at radius 1 is 1.35 bits per heavy atom. The monoisotopic (exact) mass is 315 g/mol. The molecule has 1 amide bonds. The second-order valence-electron chi connectivity index (χ2n) is 5.32. The largest absolute Gasteiger partial charge is 0.479 e. The summed E-state index contributed by atoms with van der Waals surface area (Å²) in [5, 5.41) is 9.44. The van der Waals surface area contributed by atoms with Gasteiger partial charge in [-0.15, -0.1) is 0 Å². The minimum absolute atomic E-state index is 0.154. The van der Waals surface area contributed by atoms with E-state index in [9.17, 15) is 14.7 Å². The molecular weight excluding hydrogens is 298 g/mol. The highest BCUT2D eigenvalue weighted by atomic mass is 16.5. The molecule has 0 unspecified atom stereocenters. The van der Waals surface area contributed by atoms with Crippen LogP contribution in [-0.2, 0) is 27.4 Å². The van der Waals surface area contributed by atoms with Crippen LogP contribution in [0.1, 0.15) is 23.0 Å². The van der Waals surface area contributed by atoms with Crippen molar-refractivity contribution in [2.24, 2.45) is 0 Å². The van der Waals surface area contributed by atoms with Gasteiger partial charge in [0.05, 0.1) is 18.6 Å². The Kier molecular flexibility index (Phi) is 4.38. The zero-order chi connectivity index (χ0) is 16.2. The van der Waals surface area contributed by atoms with Gasteiger partial charge in [-0.2, -0.15) is 0 Å². The standard InChI is InChI=1S/C16H17N3O4/c20-13(9-23-8-11-4-2-1-3-5-11)19-7-6-12-14(18-10-17-12)15(19)16(21)22/h1-5,10,15H,6-9H2,(H,17,18)(H,21,22)/t15-/m0/s1. The van der Waals surface area contributed by atoms with Gasteiger partial charge in [-0.3, -0.25) is 4.79 Å². The Balaban J connectivity index is 1.63. The Morgan fingerprint density at radius 3 is 2.87 bits per heavy atom. The lowest BCUT2D eigenvalue weighted by atomic mass is 10.0. The van der Waals surface area contributed by atoms with Gasteiger partial charge in [0.15, 0.2) is 6.04 Å². The molecule has 7 heteroatoms. The Labute approximate surface area is 132 Å². The van der Waals surface area contributed by atoms with E-state index in [1.54, 1.807) is 0 Å². The first-order valence-electron chi connectivity index (χ1n) is 7.33. The highest BCUT2D eigenvalue weighted by molar-refractivity contribution is 5.85. The Morgan fingerprint density at radius 2 is 2.13 bits per heavy atom. The van der Waals surface area contributed by atoms with E-state index < -0.39 is 12.0 Å². The molecule has 0 bridgehead atoms. The molecule has 7 nitrogen and oxygen atoms in total. The van der Waals surface area contributed by atoms with E-state index in [1.807, 2.05) is 30.3 Å². The number of aromatic nitrogens is 2. The first-order valence-corrected chi connectivity index (χ1v) is 7.33. The van der Waals surface area contributed by atoms with Gasteiger partial charge in [-0.05, 0) is 5.56 Å². The summed E-state index contributed by atoms with van der Waals surface area (Å²) < 4.78 is 5.42. The molecule has 0 saturated carbocycles. The van der Waals surface area contributed by atoms with Gasteiger partial charge in [0.2, 0.25) is 5.91 Å². The van der Waals surface area contributed by atoms with E-state index >= 15 is 0 Å². The lowest BCUT2D eigenvalue weighted by Gasteiger charge is -2.32. The number of carboxylic acids is 1. The molecule has 1 aliphatic rings. The van der Waals surface area contributed by atoms with Crippen LogP contribution in [-0.4, -0.2) is 45.0 Å². The summed E-state index contributed by atoms with van der Waals surface area (Å²) >= 11 is 0. The van der Waals surface area contributed by atoms with Crippen molar-refractivity contribution in [3.63, 3.8) is 0 Å². The number of benzene rings is 1. The number of amides is 1. The fourth-order valence-electron chi connectivity index (χ4n) is 2.71. The number of rotatable bonds is 5. The second-order valence-corrected chi connectivity index (χ2v) is 5.32. The molecule has 2 aromatic rings. The summed E-state index contributed by atoms with van der Waals surface area (Å²) in [4.78, 5) is 32.2. The SMILES string of the molecule is O=C(O)[C@@H]1c2nc[nH]c2CCN1C(=O)COCc1ccccc1. The van der Waals surface area contributed by atoms with Gasteiger partial charge >= 0.3 is 5.97 Å². The van der Waals surface area contributed by atoms with Crippen LogP contribution in [0.25, 0.3) is 0 Å². The van der Waals surface area contributed by atoms with E-state index in [-0.39, 0.29) is 12.5 Å². The van der Waals surface area contributed by atoms with Crippen LogP contribution in [0.5, 0.6) is 0 Å². The number of fused-ring (bicyclic) bond motifs is 1. The first-order chi connectivity index (χ1) is 11.2. The molecular formula is C16H17N3O4. The lowest BCUT2D eigenvalue weighted by molar-refractivity contribution is -0.153. The molecule has 3 rings (SSSR count).